The van der Waals surface area contributed by atoms with Crippen molar-refractivity contribution in [2.24, 2.45) is 12.8 Å². The lowest BCUT2D eigenvalue weighted by Gasteiger charge is -2.24. The summed E-state index contributed by atoms with van der Waals surface area (Å²) in [7, 11) is 1.62. The lowest BCUT2D eigenvalue weighted by molar-refractivity contribution is 0.0930. The molecule has 1 aromatic carbocycles. The minimum Gasteiger partial charge on any atom is -0.364 e. The van der Waals surface area contributed by atoms with E-state index in [4.69, 9.17) is 11.0 Å². The van der Waals surface area contributed by atoms with Crippen LogP contribution in [0.3, 0.4) is 0 Å². The average molecular weight is 309 g/mol. The van der Waals surface area contributed by atoms with Gasteiger partial charge >= 0.3 is 0 Å². The minimum atomic E-state index is -0.638. The molecule has 0 radical (unpaired) electrons. The van der Waals surface area contributed by atoms with Gasteiger partial charge < -0.3 is 11.1 Å². The van der Waals surface area contributed by atoms with Gasteiger partial charge in [-0.3, -0.25) is 14.3 Å². The van der Waals surface area contributed by atoms with Gasteiger partial charge in [0.2, 0.25) is 0 Å². The Morgan fingerprint density at radius 3 is 2.78 bits per heavy atom. The molecule has 7 heteroatoms. The summed E-state index contributed by atoms with van der Waals surface area (Å²) in [6, 6.07) is 9.31. The monoisotopic (exact) mass is 309 g/mol. The molecule has 1 aromatic heterocycles. The van der Waals surface area contributed by atoms with Crippen LogP contribution >= 0.6 is 0 Å². The summed E-state index contributed by atoms with van der Waals surface area (Å²) in [5.41, 5.74) is 8.14. The van der Waals surface area contributed by atoms with E-state index < -0.39 is 5.91 Å². The van der Waals surface area contributed by atoms with Crippen molar-refractivity contribution in [3.05, 3.63) is 52.3 Å². The summed E-state index contributed by atoms with van der Waals surface area (Å²) in [6.45, 7) is 0.414. The van der Waals surface area contributed by atoms with Gasteiger partial charge in [-0.15, -0.1) is 0 Å². The van der Waals surface area contributed by atoms with E-state index in [0.717, 1.165) is 5.56 Å². The number of nitrogens with two attached hydrogens (primary N) is 1. The number of nitrogens with one attached hydrogen (secondary N) is 1. The molecule has 3 rings (SSSR count). The van der Waals surface area contributed by atoms with Gasteiger partial charge in [0.1, 0.15) is 5.69 Å². The number of hydrogen-bond acceptors (Lipinski definition) is 4. The average Bonchev–Trinajstić information content (AvgIpc) is 2.90. The van der Waals surface area contributed by atoms with Gasteiger partial charge in [-0.05, 0) is 24.1 Å². The lowest BCUT2D eigenvalue weighted by Crippen LogP contribution is -2.37. The molecule has 1 aliphatic heterocycles. The number of benzene rings is 1. The number of carbonyl (C=O) groups excluding carboxylic acids is 2. The summed E-state index contributed by atoms with van der Waals surface area (Å²) in [5, 5.41) is 15.8. The van der Waals surface area contributed by atoms with Gasteiger partial charge in [-0.1, -0.05) is 12.1 Å². The molecule has 0 aliphatic carbocycles. The van der Waals surface area contributed by atoms with Crippen molar-refractivity contribution in [3.63, 3.8) is 0 Å². The van der Waals surface area contributed by atoms with Crippen LogP contribution in [-0.2, 0) is 13.5 Å². The van der Waals surface area contributed by atoms with Crippen molar-refractivity contribution in [2.45, 2.75) is 12.3 Å². The van der Waals surface area contributed by atoms with E-state index in [9.17, 15) is 9.59 Å². The number of aromatic nitrogens is 2. The van der Waals surface area contributed by atoms with Crippen molar-refractivity contribution in [2.75, 3.05) is 6.54 Å². The largest absolute Gasteiger partial charge is 0.364 e. The molecule has 0 saturated carbocycles. The Labute approximate surface area is 132 Å². The normalized spacial score (nSPS) is 16.3. The second-order valence-electron chi connectivity index (χ2n) is 5.52. The summed E-state index contributed by atoms with van der Waals surface area (Å²) in [5.74, 6) is -0.980. The third kappa shape index (κ3) is 2.55. The smallest absolute Gasteiger partial charge is 0.269 e. The quantitative estimate of drug-likeness (QED) is 0.857. The number of carbonyl (C=O) groups is 2. The second-order valence-corrected chi connectivity index (χ2v) is 5.52. The summed E-state index contributed by atoms with van der Waals surface area (Å²) in [4.78, 5) is 23.7. The first-order valence-corrected chi connectivity index (χ1v) is 7.15. The van der Waals surface area contributed by atoms with E-state index in [0.29, 0.717) is 29.8 Å². The highest BCUT2D eigenvalue weighted by molar-refractivity contribution is 6.01. The van der Waals surface area contributed by atoms with Crippen molar-refractivity contribution in [1.82, 2.24) is 15.1 Å². The van der Waals surface area contributed by atoms with E-state index in [-0.39, 0.29) is 17.5 Å². The maximum atomic E-state index is 12.1. The Morgan fingerprint density at radius 2 is 2.17 bits per heavy atom. The van der Waals surface area contributed by atoms with E-state index in [1.807, 2.05) is 12.1 Å². The molecule has 23 heavy (non-hydrogen) atoms. The highest BCUT2D eigenvalue weighted by Crippen LogP contribution is 2.30. The van der Waals surface area contributed by atoms with Crippen LogP contribution in [0.4, 0.5) is 0 Å². The fourth-order valence-corrected chi connectivity index (χ4v) is 2.95. The predicted octanol–water partition coefficient (Wildman–Crippen LogP) is 0.460. The maximum Gasteiger partial charge on any atom is 0.269 e. The van der Waals surface area contributed by atoms with E-state index in [1.54, 1.807) is 19.2 Å². The maximum absolute atomic E-state index is 12.1. The van der Waals surface area contributed by atoms with Crippen molar-refractivity contribution >= 4 is 11.8 Å². The first kappa shape index (κ1) is 14.8. The Morgan fingerprint density at radius 1 is 1.48 bits per heavy atom. The molecule has 0 spiro atoms. The van der Waals surface area contributed by atoms with Gasteiger partial charge in [-0.25, -0.2) is 0 Å². The zero-order valence-electron chi connectivity index (χ0n) is 12.5. The predicted molar refractivity (Wildman–Crippen MR) is 81.7 cm³/mol. The van der Waals surface area contributed by atoms with Crippen molar-refractivity contribution < 1.29 is 9.59 Å². The Kier molecular flexibility index (Phi) is 3.58. The topological polar surface area (TPSA) is 114 Å². The summed E-state index contributed by atoms with van der Waals surface area (Å²) >= 11 is 0. The number of rotatable bonds is 3. The van der Waals surface area contributed by atoms with Crippen LogP contribution in [0.15, 0.2) is 24.3 Å². The molecule has 1 unspecified atom stereocenters. The molecule has 0 saturated heterocycles. The lowest BCUT2D eigenvalue weighted by atomic mass is 9.87. The zero-order chi connectivity index (χ0) is 16.6. The number of hydrogen-bond donors (Lipinski definition) is 2. The molecule has 2 aromatic rings. The molecule has 7 nitrogen and oxygen atoms in total. The van der Waals surface area contributed by atoms with Gasteiger partial charge in [0.05, 0.1) is 11.6 Å². The first-order valence-electron chi connectivity index (χ1n) is 7.15. The molecule has 2 amide bonds. The third-order valence-electron chi connectivity index (χ3n) is 4.01. The number of nitriles is 1. The second kappa shape index (κ2) is 5.57. The molecule has 1 aliphatic rings. The zero-order valence-corrected chi connectivity index (χ0v) is 12.5. The van der Waals surface area contributed by atoms with Crippen molar-refractivity contribution in [3.8, 4) is 6.07 Å². The number of nitrogens with zero attached hydrogens (tertiary/aromatic N) is 3. The number of amides is 2. The standard InChI is InChI=1S/C16H15N5O2/c1-21-14-12(13(20-21)15(18)22)11(8-19-16(14)23)6-9-2-4-10(7-17)5-3-9/h2-5,11H,6,8H2,1H3,(H2,18,22)(H,19,23). The van der Waals surface area contributed by atoms with Crippen LogP contribution < -0.4 is 11.1 Å². The van der Waals surface area contributed by atoms with Gasteiger partial charge in [-0.2, -0.15) is 10.4 Å². The van der Waals surface area contributed by atoms with E-state index in [1.165, 1.54) is 4.68 Å². The number of aryl methyl sites for hydroxylation is 1. The summed E-state index contributed by atoms with van der Waals surface area (Å²) < 4.78 is 1.40. The van der Waals surface area contributed by atoms with E-state index >= 15 is 0 Å². The molecular formula is C16H15N5O2. The van der Waals surface area contributed by atoms with Crippen LogP contribution in [0.25, 0.3) is 0 Å². The fraction of sp³-hybridized carbons (Fsp3) is 0.250. The van der Waals surface area contributed by atoms with Gasteiger partial charge in [0, 0.05) is 25.1 Å². The Bertz CT molecular complexity index is 829. The van der Waals surface area contributed by atoms with Crippen molar-refractivity contribution in [1.29, 1.82) is 5.26 Å². The molecule has 3 N–H and O–H groups in total. The number of fused-ring (bicyclic) bond motifs is 1. The molecule has 1 atom stereocenters. The molecule has 0 bridgehead atoms. The van der Waals surface area contributed by atoms with Crippen LogP contribution in [0.1, 0.15) is 43.6 Å². The van der Waals surface area contributed by atoms with Crippen LogP contribution in [0, 0.1) is 11.3 Å². The fourth-order valence-electron chi connectivity index (χ4n) is 2.95. The molecule has 2 heterocycles. The summed E-state index contributed by atoms with van der Waals surface area (Å²) in [6.07, 6.45) is 0.616. The minimum absolute atomic E-state index is 0.0909. The highest BCUT2D eigenvalue weighted by Gasteiger charge is 2.34. The third-order valence-corrected chi connectivity index (χ3v) is 4.01. The Hall–Kier alpha value is -3.14. The first-order chi connectivity index (χ1) is 11.0. The molecular weight excluding hydrogens is 294 g/mol. The van der Waals surface area contributed by atoms with E-state index in [2.05, 4.69) is 16.5 Å². The Balaban J connectivity index is 1.99. The van der Waals surface area contributed by atoms with Crippen LogP contribution in [-0.4, -0.2) is 28.1 Å². The molecule has 116 valence electrons. The number of primary amides is 1. The van der Waals surface area contributed by atoms with Crippen LogP contribution in [0.2, 0.25) is 0 Å². The van der Waals surface area contributed by atoms with Crippen LogP contribution in [0.5, 0.6) is 0 Å². The highest BCUT2D eigenvalue weighted by atomic mass is 16.2. The van der Waals surface area contributed by atoms with Gasteiger partial charge in [0.15, 0.2) is 5.69 Å². The van der Waals surface area contributed by atoms with Gasteiger partial charge in [0.25, 0.3) is 11.8 Å². The SMILES string of the molecule is Cn1nc(C(N)=O)c2c1C(=O)NCC2Cc1ccc(C#N)cc1. The molecule has 0 fully saturated rings.